The van der Waals surface area contributed by atoms with Gasteiger partial charge < -0.3 is 9.32 Å². The van der Waals surface area contributed by atoms with Crippen LogP contribution in [0.4, 0.5) is 11.4 Å². The van der Waals surface area contributed by atoms with Gasteiger partial charge in [-0.3, -0.25) is 9.98 Å². The van der Waals surface area contributed by atoms with Crippen molar-refractivity contribution in [3.63, 3.8) is 0 Å². The van der Waals surface area contributed by atoms with Gasteiger partial charge in [-0.2, -0.15) is 0 Å². The second-order valence-corrected chi connectivity index (χ2v) is 17.9. The van der Waals surface area contributed by atoms with Crippen LogP contribution in [0.1, 0.15) is 29.5 Å². The van der Waals surface area contributed by atoms with Gasteiger partial charge in [-0.25, -0.2) is 0 Å². The predicted molar refractivity (Wildman–Crippen MR) is 275 cm³/mol. The molecule has 0 fully saturated rings. The molecule has 0 N–H and O–H groups in total. The van der Waals surface area contributed by atoms with Gasteiger partial charge in [-0.1, -0.05) is 115 Å². The number of nitrogens with zero attached hydrogens (tertiary/aromatic N) is 3. The van der Waals surface area contributed by atoms with E-state index in [1.807, 2.05) is 17.5 Å². The fourth-order valence-corrected chi connectivity index (χ4v) is 10.9. The summed E-state index contributed by atoms with van der Waals surface area (Å²) in [5.41, 5.74) is 22.4. The number of allylic oxidation sites excluding steroid dienone is 8. The molecule has 5 heteroatoms. The molecule has 1 aliphatic carbocycles. The van der Waals surface area contributed by atoms with E-state index in [-0.39, 0.29) is 0 Å². The molecular weight excluding hydrogens is 811 g/mol. The molecule has 5 heterocycles. The number of anilines is 2. The van der Waals surface area contributed by atoms with Crippen LogP contribution in [0.2, 0.25) is 0 Å². The molecule has 0 atom stereocenters. The summed E-state index contributed by atoms with van der Waals surface area (Å²) < 4.78 is 9.06. The zero-order valence-electron chi connectivity index (χ0n) is 35.3. The minimum atomic E-state index is 0.666. The SMILES string of the molecule is C1=C2C=CC=CC=1N(c1ccc3oc4ccc(-c5ccccc5C5=NCC=CC=C5)cc4c3c1)c1ccc(-c3ccc4sc5ccc(-c6ccccc6C6=NC=CCC6)cc5c4c3)cc12. The Labute approximate surface area is 380 Å². The van der Waals surface area contributed by atoms with Crippen LogP contribution < -0.4 is 4.90 Å². The number of aliphatic imine (C=N–C) groups is 2. The second-order valence-electron chi connectivity index (χ2n) is 16.8. The molecule has 0 spiro atoms. The molecule has 0 unspecified atom stereocenters. The van der Waals surface area contributed by atoms with E-state index in [2.05, 4.69) is 205 Å². The maximum absolute atomic E-state index is 6.48. The standard InChI is InChI=1S/C60H39N3OS/c1-2-18-54(61-30-10-1)47-16-7-5-14-45(47)41-21-26-57-50(35-41)51-37-44(24-27-58(51)64-57)63-43-13-4-3-12-40(32-43)49-33-38(20-25-56(49)63)39-22-28-59-52(34-39)53-36-42(23-29-60(53)65-59)46-15-6-8-17-48(46)55-19-9-11-31-62-55/h1-8,10-18,20-29,31,33-37H,9,19,30H2. The van der Waals surface area contributed by atoms with Crippen molar-refractivity contribution in [2.45, 2.75) is 12.8 Å². The molecule has 306 valence electrons. The lowest BCUT2D eigenvalue weighted by Gasteiger charge is -2.30. The van der Waals surface area contributed by atoms with E-state index in [4.69, 9.17) is 14.4 Å². The minimum Gasteiger partial charge on any atom is -0.456 e. The molecule has 2 bridgehead atoms. The highest BCUT2D eigenvalue weighted by atomic mass is 32.1. The highest BCUT2D eigenvalue weighted by molar-refractivity contribution is 7.25. The first kappa shape index (κ1) is 37.5. The van der Waals surface area contributed by atoms with E-state index < -0.39 is 0 Å². The van der Waals surface area contributed by atoms with Crippen molar-refractivity contribution in [2.75, 3.05) is 11.4 Å². The zero-order chi connectivity index (χ0) is 42.8. The van der Waals surface area contributed by atoms with Crippen molar-refractivity contribution in [1.29, 1.82) is 0 Å². The van der Waals surface area contributed by atoms with Crippen LogP contribution >= 0.6 is 11.3 Å². The summed E-state index contributed by atoms with van der Waals surface area (Å²) >= 11 is 1.86. The van der Waals surface area contributed by atoms with Gasteiger partial charge in [0.2, 0.25) is 0 Å². The molecule has 3 aliphatic heterocycles. The third-order valence-corrected chi connectivity index (χ3v) is 14.1. The lowest BCUT2D eigenvalue weighted by molar-refractivity contribution is 0.669. The van der Waals surface area contributed by atoms with Gasteiger partial charge in [0.1, 0.15) is 11.2 Å². The van der Waals surface area contributed by atoms with Crippen LogP contribution in [-0.2, 0) is 0 Å². The van der Waals surface area contributed by atoms with Crippen molar-refractivity contribution < 1.29 is 4.42 Å². The summed E-state index contributed by atoms with van der Waals surface area (Å²) in [6.45, 7) is 0.666. The zero-order valence-corrected chi connectivity index (χ0v) is 36.1. The number of hydrogen-bond donors (Lipinski definition) is 0. The van der Waals surface area contributed by atoms with Gasteiger partial charge in [0.05, 0.1) is 23.6 Å². The number of rotatable bonds is 6. The second kappa shape index (κ2) is 15.3. The Morgan fingerprint density at radius 1 is 0.538 bits per heavy atom. The first-order chi connectivity index (χ1) is 32.2. The summed E-state index contributed by atoms with van der Waals surface area (Å²) in [7, 11) is 0. The Balaban J connectivity index is 0.890. The number of hydrogen-bond acceptors (Lipinski definition) is 5. The minimum absolute atomic E-state index is 0.666. The van der Waals surface area contributed by atoms with Gasteiger partial charge in [-0.15, -0.1) is 11.3 Å². The highest BCUT2D eigenvalue weighted by Crippen LogP contribution is 2.45. The van der Waals surface area contributed by atoms with Gasteiger partial charge in [0.25, 0.3) is 0 Å². The molecule has 65 heavy (non-hydrogen) atoms. The lowest BCUT2D eigenvalue weighted by atomic mass is 9.92. The average Bonchev–Trinajstić information content (AvgIpc) is 3.66. The summed E-state index contributed by atoms with van der Waals surface area (Å²) in [5.74, 6) is 0. The maximum atomic E-state index is 6.48. The van der Waals surface area contributed by atoms with Crippen molar-refractivity contribution in [1.82, 2.24) is 0 Å². The van der Waals surface area contributed by atoms with Crippen LogP contribution in [0.3, 0.4) is 0 Å². The predicted octanol–water partition coefficient (Wildman–Crippen LogP) is 16.1. The molecule has 0 saturated heterocycles. The molecule has 0 saturated carbocycles. The van der Waals surface area contributed by atoms with Crippen LogP contribution in [0.25, 0.3) is 81.1 Å². The molecule has 2 aromatic heterocycles. The van der Waals surface area contributed by atoms with E-state index in [1.165, 1.54) is 48.0 Å². The summed E-state index contributed by atoms with van der Waals surface area (Å²) in [6.07, 6.45) is 22.9. The number of benzene rings is 7. The van der Waals surface area contributed by atoms with Crippen LogP contribution in [0, 0.1) is 0 Å². The first-order valence-corrected chi connectivity index (χ1v) is 23.0. The van der Waals surface area contributed by atoms with Crippen LogP contribution in [0.15, 0.2) is 226 Å². The highest BCUT2D eigenvalue weighted by Gasteiger charge is 2.25. The van der Waals surface area contributed by atoms with E-state index in [1.54, 1.807) is 0 Å². The Bertz CT molecular complexity index is 3800. The normalized spacial score (nSPS) is 15.3. The Morgan fingerprint density at radius 3 is 2.03 bits per heavy atom. The Morgan fingerprint density at radius 2 is 1.20 bits per heavy atom. The maximum Gasteiger partial charge on any atom is 0.135 e. The van der Waals surface area contributed by atoms with Gasteiger partial charge in [0, 0.05) is 70.8 Å². The van der Waals surface area contributed by atoms with Gasteiger partial charge >= 0.3 is 0 Å². The smallest absolute Gasteiger partial charge is 0.135 e. The molecule has 4 nitrogen and oxygen atoms in total. The van der Waals surface area contributed by atoms with Gasteiger partial charge in [-0.05, 0) is 131 Å². The molecule has 9 aromatic rings. The largest absolute Gasteiger partial charge is 0.456 e. The summed E-state index contributed by atoms with van der Waals surface area (Å²) in [4.78, 5) is 12.0. The van der Waals surface area contributed by atoms with Crippen LogP contribution in [-0.4, -0.2) is 18.0 Å². The van der Waals surface area contributed by atoms with E-state index in [0.717, 1.165) is 91.1 Å². The van der Waals surface area contributed by atoms with Crippen molar-refractivity contribution in [3.8, 4) is 33.4 Å². The third kappa shape index (κ3) is 6.44. The Kier molecular flexibility index (Phi) is 8.83. The lowest BCUT2D eigenvalue weighted by Crippen LogP contribution is -2.18. The van der Waals surface area contributed by atoms with Crippen molar-refractivity contribution in [3.05, 3.63) is 229 Å². The molecule has 0 radical (unpaired) electrons. The molecule has 4 aliphatic rings. The van der Waals surface area contributed by atoms with E-state index in [9.17, 15) is 0 Å². The van der Waals surface area contributed by atoms with Crippen LogP contribution in [0.5, 0.6) is 0 Å². The third-order valence-electron chi connectivity index (χ3n) is 13.0. The number of thiophene rings is 1. The first-order valence-electron chi connectivity index (χ1n) is 22.2. The summed E-state index contributed by atoms with van der Waals surface area (Å²) in [5, 5.41) is 4.70. The van der Waals surface area contributed by atoms with E-state index >= 15 is 0 Å². The monoisotopic (exact) mass is 849 g/mol. The molecular formula is C60H39N3OS. The number of furan rings is 1. The molecule has 7 aromatic carbocycles. The Hall–Kier alpha value is -8.08. The number of fused-ring (bicyclic) bond motifs is 8. The topological polar surface area (TPSA) is 41.1 Å². The molecule has 0 amide bonds. The van der Waals surface area contributed by atoms with E-state index in [0.29, 0.717) is 6.54 Å². The quantitative estimate of drug-likeness (QED) is 0.156. The molecule has 13 rings (SSSR count). The summed E-state index contributed by atoms with van der Waals surface area (Å²) in [6, 6.07) is 51.1. The average molecular weight is 850 g/mol. The van der Waals surface area contributed by atoms with Crippen molar-refractivity contribution in [2.24, 2.45) is 9.98 Å². The fraction of sp³-hybridized carbons (Fsp3) is 0.0500. The van der Waals surface area contributed by atoms with Gasteiger partial charge in [0.15, 0.2) is 0 Å². The fourth-order valence-electron chi connectivity index (χ4n) is 9.85. The van der Waals surface area contributed by atoms with Crippen molar-refractivity contribution >= 4 is 81.8 Å².